The zero-order valence-electron chi connectivity index (χ0n) is 11.2. The molecule has 1 saturated heterocycles. The van der Waals surface area contributed by atoms with Gasteiger partial charge in [-0.3, -0.25) is 4.79 Å². The first kappa shape index (κ1) is 15.3. The molecule has 6 heteroatoms. The van der Waals surface area contributed by atoms with Crippen molar-refractivity contribution in [2.24, 2.45) is 5.92 Å². The van der Waals surface area contributed by atoms with Gasteiger partial charge in [0.25, 0.3) is 0 Å². The Morgan fingerprint density at radius 1 is 1.50 bits per heavy atom. The maximum absolute atomic E-state index is 13.4. The number of piperidine rings is 1. The number of aliphatic hydroxyl groups is 1. The summed E-state index contributed by atoms with van der Waals surface area (Å²) < 4.78 is 26.2. The van der Waals surface area contributed by atoms with E-state index in [2.05, 4.69) is 0 Å². The van der Waals surface area contributed by atoms with Crippen LogP contribution in [0.1, 0.15) is 13.3 Å². The van der Waals surface area contributed by atoms with Crippen molar-refractivity contribution in [1.82, 2.24) is 4.90 Å². The number of nitrogens with zero attached hydrogens (tertiary/aromatic N) is 1. The van der Waals surface area contributed by atoms with Crippen LogP contribution in [0.25, 0.3) is 0 Å². The summed E-state index contributed by atoms with van der Waals surface area (Å²) in [4.78, 5) is 13.9. The largest absolute Gasteiger partial charge is 0.391 e. The van der Waals surface area contributed by atoms with E-state index in [1.165, 1.54) is 12.1 Å². The van der Waals surface area contributed by atoms with Gasteiger partial charge in [-0.15, -0.1) is 11.8 Å². The van der Waals surface area contributed by atoms with Gasteiger partial charge in [-0.2, -0.15) is 0 Å². The molecular formula is C14H17F2NO2S. The molecule has 2 rings (SSSR count). The van der Waals surface area contributed by atoms with Crippen molar-refractivity contribution >= 4 is 17.7 Å². The molecular weight excluding hydrogens is 284 g/mol. The number of amides is 1. The zero-order valence-corrected chi connectivity index (χ0v) is 12.0. The lowest BCUT2D eigenvalue weighted by atomic mass is 9.96. The smallest absolute Gasteiger partial charge is 0.233 e. The maximum atomic E-state index is 13.4. The Hall–Kier alpha value is -1.14. The first-order valence-electron chi connectivity index (χ1n) is 6.51. The molecule has 0 radical (unpaired) electrons. The van der Waals surface area contributed by atoms with E-state index in [1.807, 2.05) is 6.92 Å². The Bertz CT molecular complexity index is 498. The van der Waals surface area contributed by atoms with Crippen LogP contribution in [0.4, 0.5) is 8.78 Å². The van der Waals surface area contributed by atoms with E-state index in [9.17, 15) is 18.7 Å². The highest BCUT2D eigenvalue weighted by molar-refractivity contribution is 8.00. The topological polar surface area (TPSA) is 40.5 Å². The van der Waals surface area contributed by atoms with Crippen LogP contribution in [0.15, 0.2) is 23.1 Å². The predicted molar refractivity (Wildman–Crippen MR) is 73.4 cm³/mol. The van der Waals surface area contributed by atoms with Crippen LogP contribution in [0.3, 0.4) is 0 Å². The minimum atomic E-state index is -0.657. The van der Waals surface area contributed by atoms with Gasteiger partial charge in [0.2, 0.25) is 5.91 Å². The Morgan fingerprint density at radius 2 is 2.25 bits per heavy atom. The molecule has 0 aromatic heterocycles. The van der Waals surface area contributed by atoms with Crippen LogP contribution in [0.5, 0.6) is 0 Å². The highest BCUT2D eigenvalue weighted by Gasteiger charge is 2.27. The van der Waals surface area contributed by atoms with Crippen molar-refractivity contribution in [2.45, 2.75) is 24.3 Å². The molecule has 0 saturated carbocycles. The standard InChI is InChI=1S/C14H17F2NO2S/c1-9-4-5-17(7-12(9)18)14(19)8-20-13-3-2-10(15)6-11(13)16/h2-3,6,9,12,18H,4-5,7-8H2,1H3. The molecule has 1 N–H and O–H groups in total. The van der Waals surface area contributed by atoms with Crippen molar-refractivity contribution < 1.29 is 18.7 Å². The lowest BCUT2D eigenvalue weighted by molar-refractivity contribution is -0.132. The quantitative estimate of drug-likeness (QED) is 0.871. The molecule has 3 nitrogen and oxygen atoms in total. The van der Waals surface area contributed by atoms with Crippen LogP contribution in [-0.4, -0.2) is 40.9 Å². The normalized spacial score (nSPS) is 22.9. The second-order valence-corrected chi connectivity index (χ2v) is 6.05. The number of rotatable bonds is 3. The van der Waals surface area contributed by atoms with Crippen LogP contribution >= 0.6 is 11.8 Å². The van der Waals surface area contributed by atoms with Crippen molar-refractivity contribution in [2.75, 3.05) is 18.8 Å². The van der Waals surface area contributed by atoms with Gasteiger partial charge in [-0.1, -0.05) is 6.92 Å². The third-order valence-corrected chi connectivity index (χ3v) is 4.55. The fraction of sp³-hybridized carbons (Fsp3) is 0.500. The van der Waals surface area contributed by atoms with Gasteiger partial charge in [-0.25, -0.2) is 8.78 Å². The summed E-state index contributed by atoms with van der Waals surface area (Å²) in [6.45, 7) is 2.89. The van der Waals surface area contributed by atoms with Gasteiger partial charge in [0.05, 0.1) is 11.9 Å². The summed E-state index contributed by atoms with van der Waals surface area (Å²) in [6.07, 6.45) is 0.267. The first-order valence-corrected chi connectivity index (χ1v) is 7.49. The molecule has 1 aliphatic rings. The number of thioether (sulfide) groups is 1. The Morgan fingerprint density at radius 3 is 2.90 bits per heavy atom. The van der Waals surface area contributed by atoms with Crippen LogP contribution < -0.4 is 0 Å². The van der Waals surface area contributed by atoms with Crippen molar-refractivity contribution in [1.29, 1.82) is 0 Å². The zero-order chi connectivity index (χ0) is 14.7. The molecule has 1 heterocycles. The van der Waals surface area contributed by atoms with Gasteiger partial charge in [-0.05, 0) is 24.5 Å². The molecule has 1 aromatic carbocycles. The minimum absolute atomic E-state index is 0.0870. The molecule has 0 bridgehead atoms. The number of β-amino-alcohol motifs (C(OH)–C–C–N with tert-alkyl or cyclic N) is 1. The summed E-state index contributed by atoms with van der Waals surface area (Å²) >= 11 is 1.05. The average Bonchev–Trinajstić information content (AvgIpc) is 2.40. The van der Waals surface area contributed by atoms with Crippen LogP contribution in [0, 0.1) is 17.6 Å². The Labute approximate surface area is 121 Å². The predicted octanol–water partition coefficient (Wildman–Crippen LogP) is 2.29. The minimum Gasteiger partial charge on any atom is -0.391 e. The number of aliphatic hydroxyl groups excluding tert-OH is 1. The Balaban J connectivity index is 1.89. The van der Waals surface area contributed by atoms with Gasteiger partial charge in [0.15, 0.2) is 0 Å². The molecule has 1 aromatic rings. The second kappa shape index (κ2) is 6.54. The number of carbonyl (C=O) groups is 1. The second-order valence-electron chi connectivity index (χ2n) is 5.04. The van der Waals surface area contributed by atoms with Gasteiger partial charge in [0.1, 0.15) is 11.6 Å². The fourth-order valence-corrected chi connectivity index (χ4v) is 2.92. The third-order valence-electron chi connectivity index (χ3n) is 3.52. The SMILES string of the molecule is CC1CCN(C(=O)CSc2ccc(F)cc2F)CC1O. The molecule has 20 heavy (non-hydrogen) atoms. The van der Waals surface area contributed by atoms with E-state index in [0.29, 0.717) is 13.1 Å². The molecule has 2 atom stereocenters. The number of benzene rings is 1. The lowest BCUT2D eigenvalue weighted by Gasteiger charge is -2.34. The van der Waals surface area contributed by atoms with E-state index in [-0.39, 0.29) is 22.5 Å². The summed E-state index contributed by atoms with van der Waals surface area (Å²) in [6, 6.07) is 3.30. The Kier molecular flexibility index (Phi) is 4.99. The van der Waals surface area contributed by atoms with E-state index in [1.54, 1.807) is 4.90 Å². The van der Waals surface area contributed by atoms with Crippen LogP contribution in [0.2, 0.25) is 0 Å². The first-order chi connectivity index (χ1) is 9.47. The van der Waals surface area contributed by atoms with Crippen LogP contribution in [-0.2, 0) is 4.79 Å². The van der Waals surface area contributed by atoms with E-state index in [4.69, 9.17) is 0 Å². The van der Waals surface area contributed by atoms with Crippen molar-refractivity contribution in [3.63, 3.8) is 0 Å². The highest BCUT2D eigenvalue weighted by Crippen LogP contribution is 2.24. The number of halogens is 2. The molecule has 1 aliphatic heterocycles. The van der Waals surface area contributed by atoms with E-state index in [0.717, 1.165) is 24.2 Å². The monoisotopic (exact) mass is 301 g/mol. The van der Waals surface area contributed by atoms with Gasteiger partial charge < -0.3 is 10.0 Å². The third kappa shape index (κ3) is 3.70. The average molecular weight is 301 g/mol. The fourth-order valence-electron chi connectivity index (χ4n) is 2.10. The number of hydrogen-bond acceptors (Lipinski definition) is 3. The van der Waals surface area contributed by atoms with Gasteiger partial charge >= 0.3 is 0 Å². The van der Waals surface area contributed by atoms with E-state index >= 15 is 0 Å². The van der Waals surface area contributed by atoms with Crippen molar-refractivity contribution in [3.8, 4) is 0 Å². The van der Waals surface area contributed by atoms with E-state index < -0.39 is 17.7 Å². The molecule has 2 unspecified atom stereocenters. The number of hydrogen-bond donors (Lipinski definition) is 1. The molecule has 0 aliphatic carbocycles. The lowest BCUT2D eigenvalue weighted by Crippen LogP contribution is -2.46. The summed E-state index contributed by atoms with van der Waals surface area (Å²) in [7, 11) is 0. The number of carbonyl (C=O) groups excluding carboxylic acids is 1. The molecule has 1 amide bonds. The van der Waals surface area contributed by atoms with Gasteiger partial charge in [0, 0.05) is 24.1 Å². The molecule has 0 spiro atoms. The summed E-state index contributed by atoms with van der Waals surface area (Å²) in [5.74, 6) is -1.14. The van der Waals surface area contributed by atoms with Crippen molar-refractivity contribution in [3.05, 3.63) is 29.8 Å². The highest BCUT2D eigenvalue weighted by atomic mass is 32.2. The summed E-state index contributed by atoms with van der Waals surface area (Å²) in [5, 5.41) is 9.75. The summed E-state index contributed by atoms with van der Waals surface area (Å²) in [5.41, 5.74) is 0. The molecule has 1 fully saturated rings. The molecule has 110 valence electrons. The number of likely N-dealkylation sites (tertiary alicyclic amines) is 1. The maximum Gasteiger partial charge on any atom is 0.233 e.